The van der Waals surface area contributed by atoms with Gasteiger partial charge in [0, 0.05) is 24.0 Å². The summed E-state index contributed by atoms with van der Waals surface area (Å²) in [7, 11) is 0. The highest BCUT2D eigenvalue weighted by molar-refractivity contribution is 5.58. The Morgan fingerprint density at radius 2 is 2.09 bits per heavy atom. The van der Waals surface area contributed by atoms with Crippen molar-refractivity contribution in [1.29, 1.82) is 0 Å². The Balaban J connectivity index is 2.13. The number of non-ortho nitro benzene ring substituents is 1. The van der Waals surface area contributed by atoms with Crippen molar-refractivity contribution < 1.29 is 10.0 Å². The Labute approximate surface area is 127 Å². The standard InChI is InChI=1S/C14H17N5O3/c1-9(10(2)20)16-13-6-7-15-14(18-13)17-11-4-3-5-12(8-11)19(21)22/h3-10,20H,1-2H3,(H2,15,16,17,18)/t9-,10-/m0/s1. The van der Waals surface area contributed by atoms with Crippen LogP contribution in [0.1, 0.15) is 13.8 Å². The third-order valence-electron chi connectivity index (χ3n) is 3.07. The number of anilines is 3. The second-order valence-corrected chi connectivity index (χ2v) is 4.87. The summed E-state index contributed by atoms with van der Waals surface area (Å²) >= 11 is 0. The van der Waals surface area contributed by atoms with Crippen LogP contribution in [0, 0.1) is 10.1 Å². The molecule has 1 aromatic carbocycles. The maximum atomic E-state index is 10.8. The first-order valence-electron chi connectivity index (χ1n) is 6.75. The normalized spacial score (nSPS) is 13.2. The summed E-state index contributed by atoms with van der Waals surface area (Å²) in [6, 6.07) is 7.60. The fraction of sp³-hybridized carbons (Fsp3) is 0.286. The number of rotatable bonds is 6. The summed E-state index contributed by atoms with van der Waals surface area (Å²) in [5.74, 6) is 0.861. The molecule has 2 rings (SSSR count). The van der Waals surface area contributed by atoms with E-state index in [0.29, 0.717) is 17.5 Å². The second-order valence-electron chi connectivity index (χ2n) is 4.87. The van der Waals surface area contributed by atoms with Crippen molar-refractivity contribution >= 4 is 23.1 Å². The van der Waals surface area contributed by atoms with Crippen LogP contribution >= 0.6 is 0 Å². The highest BCUT2D eigenvalue weighted by atomic mass is 16.6. The summed E-state index contributed by atoms with van der Waals surface area (Å²) in [6.45, 7) is 3.52. The van der Waals surface area contributed by atoms with Crippen LogP contribution in [0.5, 0.6) is 0 Å². The lowest BCUT2D eigenvalue weighted by Crippen LogP contribution is -2.28. The van der Waals surface area contributed by atoms with Crippen LogP contribution in [-0.2, 0) is 0 Å². The van der Waals surface area contributed by atoms with Crippen molar-refractivity contribution in [2.24, 2.45) is 0 Å². The molecule has 0 aliphatic rings. The maximum Gasteiger partial charge on any atom is 0.271 e. The number of aromatic nitrogens is 2. The Morgan fingerprint density at radius 1 is 1.32 bits per heavy atom. The molecule has 0 bridgehead atoms. The molecule has 1 heterocycles. The van der Waals surface area contributed by atoms with E-state index in [9.17, 15) is 15.2 Å². The zero-order valence-corrected chi connectivity index (χ0v) is 12.2. The molecule has 3 N–H and O–H groups in total. The number of nitrogens with one attached hydrogen (secondary N) is 2. The van der Waals surface area contributed by atoms with Crippen molar-refractivity contribution in [1.82, 2.24) is 9.97 Å². The lowest BCUT2D eigenvalue weighted by atomic mass is 10.2. The lowest BCUT2D eigenvalue weighted by Gasteiger charge is -2.17. The van der Waals surface area contributed by atoms with Gasteiger partial charge in [-0.05, 0) is 26.0 Å². The first kappa shape index (κ1) is 15.6. The summed E-state index contributed by atoms with van der Waals surface area (Å²) in [6.07, 6.45) is 1.03. The van der Waals surface area contributed by atoms with Gasteiger partial charge in [0.1, 0.15) is 5.82 Å². The van der Waals surface area contributed by atoms with Gasteiger partial charge in [-0.1, -0.05) is 6.07 Å². The molecule has 22 heavy (non-hydrogen) atoms. The molecule has 8 heteroatoms. The molecule has 0 fully saturated rings. The zero-order valence-electron chi connectivity index (χ0n) is 12.2. The number of nitro benzene ring substituents is 1. The predicted molar refractivity (Wildman–Crippen MR) is 83.2 cm³/mol. The zero-order chi connectivity index (χ0) is 16.1. The fourth-order valence-electron chi connectivity index (χ4n) is 1.68. The molecule has 0 spiro atoms. The van der Waals surface area contributed by atoms with Crippen LogP contribution in [0.4, 0.5) is 23.1 Å². The van der Waals surface area contributed by atoms with E-state index in [4.69, 9.17) is 0 Å². The Bertz CT molecular complexity index is 662. The molecule has 1 aromatic heterocycles. The molecular weight excluding hydrogens is 286 g/mol. The van der Waals surface area contributed by atoms with E-state index in [2.05, 4.69) is 20.6 Å². The number of aliphatic hydroxyl groups is 1. The highest BCUT2D eigenvalue weighted by Gasteiger charge is 2.10. The highest BCUT2D eigenvalue weighted by Crippen LogP contribution is 2.20. The van der Waals surface area contributed by atoms with E-state index in [1.54, 1.807) is 31.3 Å². The summed E-state index contributed by atoms with van der Waals surface area (Å²) in [5, 5.41) is 26.2. The van der Waals surface area contributed by atoms with Crippen LogP contribution in [0.15, 0.2) is 36.5 Å². The van der Waals surface area contributed by atoms with Crippen molar-refractivity contribution in [2.75, 3.05) is 10.6 Å². The SMILES string of the molecule is C[C@H](O)[C@H](C)Nc1ccnc(Nc2cccc([N+](=O)[O-])c2)n1. The third kappa shape index (κ3) is 4.13. The topological polar surface area (TPSA) is 113 Å². The van der Waals surface area contributed by atoms with E-state index in [1.807, 2.05) is 6.92 Å². The van der Waals surface area contributed by atoms with E-state index < -0.39 is 11.0 Å². The molecule has 2 aromatic rings. The Hall–Kier alpha value is -2.74. The Morgan fingerprint density at radius 3 is 2.77 bits per heavy atom. The van der Waals surface area contributed by atoms with Gasteiger partial charge in [-0.25, -0.2) is 4.98 Å². The molecule has 0 saturated heterocycles. The molecule has 8 nitrogen and oxygen atoms in total. The quantitative estimate of drug-likeness (QED) is 0.554. The lowest BCUT2D eigenvalue weighted by molar-refractivity contribution is -0.384. The van der Waals surface area contributed by atoms with Gasteiger partial charge in [0.25, 0.3) is 5.69 Å². The van der Waals surface area contributed by atoms with Crippen LogP contribution < -0.4 is 10.6 Å². The van der Waals surface area contributed by atoms with Gasteiger partial charge < -0.3 is 15.7 Å². The van der Waals surface area contributed by atoms with Crippen LogP contribution in [0.25, 0.3) is 0 Å². The number of benzene rings is 1. The third-order valence-corrected chi connectivity index (χ3v) is 3.07. The van der Waals surface area contributed by atoms with Crippen molar-refractivity contribution in [2.45, 2.75) is 26.0 Å². The molecule has 116 valence electrons. The van der Waals surface area contributed by atoms with E-state index >= 15 is 0 Å². The maximum absolute atomic E-state index is 10.8. The van der Waals surface area contributed by atoms with Crippen LogP contribution in [-0.4, -0.2) is 32.1 Å². The predicted octanol–water partition coefficient (Wildman–Crippen LogP) is 2.31. The van der Waals surface area contributed by atoms with E-state index in [-0.39, 0.29) is 11.7 Å². The average Bonchev–Trinajstić information content (AvgIpc) is 2.47. The smallest absolute Gasteiger partial charge is 0.271 e. The largest absolute Gasteiger partial charge is 0.391 e. The molecule has 0 radical (unpaired) electrons. The molecule has 0 unspecified atom stereocenters. The van der Waals surface area contributed by atoms with E-state index in [1.165, 1.54) is 12.1 Å². The van der Waals surface area contributed by atoms with Crippen LogP contribution in [0.3, 0.4) is 0 Å². The molecule has 0 amide bonds. The summed E-state index contributed by atoms with van der Waals surface area (Å²) in [5.41, 5.74) is 0.511. The Kier molecular flexibility index (Phi) is 4.84. The second kappa shape index (κ2) is 6.81. The van der Waals surface area contributed by atoms with Gasteiger partial charge in [-0.2, -0.15) is 4.98 Å². The number of hydrogen-bond donors (Lipinski definition) is 3. The van der Waals surface area contributed by atoms with Gasteiger partial charge >= 0.3 is 0 Å². The molecule has 2 atom stereocenters. The van der Waals surface area contributed by atoms with Crippen LogP contribution in [0.2, 0.25) is 0 Å². The van der Waals surface area contributed by atoms with Crippen molar-refractivity contribution in [3.8, 4) is 0 Å². The van der Waals surface area contributed by atoms with Gasteiger partial charge in [-0.15, -0.1) is 0 Å². The van der Waals surface area contributed by atoms with Gasteiger partial charge in [0.05, 0.1) is 17.1 Å². The average molecular weight is 303 g/mol. The monoisotopic (exact) mass is 303 g/mol. The number of nitrogens with zero attached hydrogens (tertiary/aromatic N) is 3. The van der Waals surface area contributed by atoms with Gasteiger partial charge in [0.15, 0.2) is 0 Å². The molecule has 0 aliphatic carbocycles. The minimum Gasteiger partial charge on any atom is -0.391 e. The number of hydrogen-bond acceptors (Lipinski definition) is 7. The van der Waals surface area contributed by atoms with Crippen molar-refractivity contribution in [3.63, 3.8) is 0 Å². The fourth-order valence-corrected chi connectivity index (χ4v) is 1.68. The minimum absolute atomic E-state index is 0.0120. The minimum atomic E-state index is -0.525. The number of nitro groups is 1. The summed E-state index contributed by atoms with van der Waals surface area (Å²) in [4.78, 5) is 18.6. The number of aliphatic hydroxyl groups excluding tert-OH is 1. The van der Waals surface area contributed by atoms with Crippen molar-refractivity contribution in [3.05, 3.63) is 46.6 Å². The van der Waals surface area contributed by atoms with Gasteiger partial charge in [0.2, 0.25) is 5.95 Å². The van der Waals surface area contributed by atoms with Gasteiger partial charge in [-0.3, -0.25) is 10.1 Å². The first-order valence-corrected chi connectivity index (χ1v) is 6.75. The summed E-state index contributed by atoms with van der Waals surface area (Å²) < 4.78 is 0. The molecule has 0 aliphatic heterocycles. The first-order chi connectivity index (χ1) is 10.5. The molecule has 0 saturated carbocycles. The molecular formula is C14H17N5O3. The van der Waals surface area contributed by atoms with E-state index in [0.717, 1.165) is 0 Å².